The van der Waals surface area contributed by atoms with E-state index in [9.17, 15) is 9.59 Å². The van der Waals surface area contributed by atoms with Gasteiger partial charge in [-0.3, -0.25) is 9.59 Å². The number of nitrogens with one attached hydrogen (secondary N) is 1. The Kier molecular flexibility index (Phi) is 3.12. The smallest absolute Gasteiger partial charge is 0.246 e. The molecule has 0 spiro atoms. The predicted octanol–water partition coefficient (Wildman–Crippen LogP) is 1.25. The van der Waals surface area contributed by atoms with E-state index < -0.39 is 12.1 Å². The number of piperazine rings is 1. The molecule has 1 saturated heterocycles. The molecule has 0 aromatic heterocycles. The largest absolute Gasteiger partial charge is 0.493 e. The number of hydrogen-bond donors (Lipinski definition) is 1. The van der Waals surface area contributed by atoms with E-state index in [0.29, 0.717) is 13.0 Å². The fourth-order valence-corrected chi connectivity index (χ4v) is 2.97. The van der Waals surface area contributed by atoms with Crippen LogP contribution in [0, 0.1) is 0 Å². The molecule has 2 aliphatic rings. The lowest BCUT2D eigenvalue weighted by Crippen LogP contribution is -2.62. The molecule has 3 unspecified atom stereocenters. The summed E-state index contributed by atoms with van der Waals surface area (Å²) in [6, 6.07) is 6.72. The van der Waals surface area contributed by atoms with Gasteiger partial charge in [0.25, 0.3) is 0 Å². The summed E-state index contributed by atoms with van der Waals surface area (Å²) >= 11 is 0. The molecule has 20 heavy (non-hydrogen) atoms. The number of amides is 2. The van der Waals surface area contributed by atoms with E-state index in [2.05, 4.69) is 5.32 Å². The summed E-state index contributed by atoms with van der Waals surface area (Å²) in [5, 5.41) is 2.71. The second kappa shape index (κ2) is 4.81. The van der Waals surface area contributed by atoms with Gasteiger partial charge >= 0.3 is 0 Å². The highest BCUT2D eigenvalue weighted by molar-refractivity contribution is 5.96. The Morgan fingerprint density at radius 1 is 1.25 bits per heavy atom. The van der Waals surface area contributed by atoms with Crippen molar-refractivity contribution in [2.24, 2.45) is 0 Å². The summed E-state index contributed by atoms with van der Waals surface area (Å²) in [6.45, 7) is 4.07. The lowest BCUT2D eigenvalue weighted by molar-refractivity contribution is -0.151. The van der Waals surface area contributed by atoms with E-state index in [1.165, 1.54) is 0 Å². The Balaban J connectivity index is 2.00. The third-order valence-electron chi connectivity index (χ3n) is 4.04. The van der Waals surface area contributed by atoms with Gasteiger partial charge in [-0.2, -0.15) is 0 Å². The molecule has 5 heteroatoms. The first-order chi connectivity index (χ1) is 9.59. The maximum Gasteiger partial charge on any atom is 0.246 e. The van der Waals surface area contributed by atoms with Crippen LogP contribution in [0.3, 0.4) is 0 Å². The number of fused-ring (bicyclic) bond motifs is 1. The zero-order valence-corrected chi connectivity index (χ0v) is 11.6. The fourth-order valence-electron chi connectivity index (χ4n) is 2.97. The van der Waals surface area contributed by atoms with E-state index in [1.54, 1.807) is 18.7 Å². The number of nitrogens with zero attached hydrogens (tertiary/aromatic N) is 1. The Bertz CT molecular complexity index is 558. The van der Waals surface area contributed by atoms with Crippen LogP contribution in [0.25, 0.3) is 0 Å². The molecular weight excluding hydrogens is 256 g/mol. The van der Waals surface area contributed by atoms with Crippen LogP contribution in [-0.4, -0.2) is 35.4 Å². The highest BCUT2D eigenvalue weighted by Gasteiger charge is 2.41. The van der Waals surface area contributed by atoms with Gasteiger partial charge in [0.2, 0.25) is 11.8 Å². The average molecular weight is 274 g/mol. The number of rotatable bonds is 1. The monoisotopic (exact) mass is 274 g/mol. The van der Waals surface area contributed by atoms with Crippen molar-refractivity contribution in [2.75, 3.05) is 6.61 Å². The number of para-hydroxylation sites is 1. The summed E-state index contributed by atoms with van der Waals surface area (Å²) in [6.07, 6.45) is 0.715. The van der Waals surface area contributed by atoms with Crippen LogP contribution < -0.4 is 10.1 Å². The topological polar surface area (TPSA) is 58.6 Å². The second-order valence-corrected chi connectivity index (χ2v) is 5.34. The van der Waals surface area contributed by atoms with Gasteiger partial charge in [0.05, 0.1) is 12.6 Å². The van der Waals surface area contributed by atoms with Crippen LogP contribution >= 0.6 is 0 Å². The molecule has 2 aliphatic heterocycles. The molecule has 0 radical (unpaired) electrons. The van der Waals surface area contributed by atoms with E-state index in [4.69, 9.17) is 4.74 Å². The van der Waals surface area contributed by atoms with Gasteiger partial charge in [-0.05, 0) is 19.9 Å². The van der Waals surface area contributed by atoms with Gasteiger partial charge in [0, 0.05) is 12.0 Å². The first kappa shape index (κ1) is 13.0. The number of benzene rings is 1. The average Bonchev–Trinajstić information content (AvgIpc) is 2.46. The molecule has 1 aromatic carbocycles. The fraction of sp³-hybridized carbons (Fsp3) is 0.467. The molecule has 2 heterocycles. The summed E-state index contributed by atoms with van der Waals surface area (Å²) in [5.74, 6) is 0.683. The Hall–Kier alpha value is -2.04. The van der Waals surface area contributed by atoms with E-state index >= 15 is 0 Å². The van der Waals surface area contributed by atoms with Crippen molar-refractivity contribution < 1.29 is 14.3 Å². The Labute approximate surface area is 117 Å². The zero-order chi connectivity index (χ0) is 14.3. The standard InChI is InChI=1S/C15H18N2O3/c1-9-15(19)17(10(2)14(18)16-9)12-7-8-20-13-6-4-3-5-11(12)13/h3-6,9-10,12H,7-8H2,1-2H3,(H,16,18). The van der Waals surface area contributed by atoms with Gasteiger partial charge in [-0.1, -0.05) is 18.2 Å². The quantitative estimate of drug-likeness (QED) is 0.838. The molecule has 3 atom stereocenters. The number of ether oxygens (including phenoxy) is 1. The first-order valence-electron chi connectivity index (χ1n) is 6.94. The minimum Gasteiger partial charge on any atom is -0.493 e. The Morgan fingerprint density at radius 3 is 2.80 bits per heavy atom. The lowest BCUT2D eigenvalue weighted by Gasteiger charge is -2.43. The second-order valence-electron chi connectivity index (χ2n) is 5.34. The van der Waals surface area contributed by atoms with Crippen LogP contribution in [0.2, 0.25) is 0 Å². The van der Waals surface area contributed by atoms with Crippen molar-refractivity contribution >= 4 is 11.8 Å². The number of carbonyl (C=O) groups excluding carboxylic acids is 2. The van der Waals surface area contributed by atoms with Crippen LogP contribution in [0.1, 0.15) is 31.9 Å². The number of hydrogen-bond acceptors (Lipinski definition) is 3. The van der Waals surface area contributed by atoms with Crippen LogP contribution in [0.15, 0.2) is 24.3 Å². The molecular formula is C15H18N2O3. The van der Waals surface area contributed by atoms with Crippen LogP contribution in [-0.2, 0) is 9.59 Å². The van der Waals surface area contributed by atoms with Crippen molar-refractivity contribution in [1.29, 1.82) is 0 Å². The molecule has 0 aliphatic carbocycles. The van der Waals surface area contributed by atoms with Crippen molar-refractivity contribution in [3.63, 3.8) is 0 Å². The molecule has 1 fully saturated rings. The predicted molar refractivity (Wildman–Crippen MR) is 73.2 cm³/mol. The highest BCUT2D eigenvalue weighted by atomic mass is 16.5. The lowest BCUT2D eigenvalue weighted by atomic mass is 9.95. The SMILES string of the molecule is CC1NC(=O)C(C)N(C2CCOc3ccccc32)C1=O. The van der Waals surface area contributed by atoms with Crippen LogP contribution in [0.5, 0.6) is 5.75 Å². The molecule has 106 valence electrons. The molecule has 0 bridgehead atoms. The molecule has 1 N–H and O–H groups in total. The normalized spacial score (nSPS) is 29.5. The molecule has 0 saturated carbocycles. The van der Waals surface area contributed by atoms with Gasteiger partial charge in [-0.25, -0.2) is 0 Å². The summed E-state index contributed by atoms with van der Waals surface area (Å²) in [4.78, 5) is 26.2. The molecule has 5 nitrogen and oxygen atoms in total. The molecule has 2 amide bonds. The zero-order valence-electron chi connectivity index (χ0n) is 11.6. The van der Waals surface area contributed by atoms with Gasteiger partial charge in [0.15, 0.2) is 0 Å². The highest BCUT2D eigenvalue weighted by Crippen LogP contribution is 2.37. The maximum absolute atomic E-state index is 12.5. The summed E-state index contributed by atoms with van der Waals surface area (Å²) < 4.78 is 5.63. The van der Waals surface area contributed by atoms with E-state index in [0.717, 1.165) is 11.3 Å². The van der Waals surface area contributed by atoms with Crippen molar-refractivity contribution in [3.05, 3.63) is 29.8 Å². The van der Waals surface area contributed by atoms with Crippen molar-refractivity contribution in [3.8, 4) is 5.75 Å². The van der Waals surface area contributed by atoms with Gasteiger partial charge in [-0.15, -0.1) is 0 Å². The summed E-state index contributed by atoms with van der Waals surface area (Å²) in [7, 11) is 0. The van der Waals surface area contributed by atoms with Gasteiger partial charge in [0.1, 0.15) is 17.8 Å². The third-order valence-corrected chi connectivity index (χ3v) is 4.04. The van der Waals surface area contributed by atoms with Crippen molar-refractivity contribution in [2.45, 2.75) is 38.4 Å². The third kappa shape index (κ3) is 1.94. The molecule has 3 rings (SSSR count). The first-order valence-corrected chi connectivity index (χ1v) is 6.94. The molecule has 1 aromatic rings. The maximum atomic E-state index is 12.5. The minimum atomic E-state index is -0.464. The van der Waals surface area contributed by atoms with Crippen LogP contribution in [0.4, 0.5) is 0 Å². The van der Waals surface area contributed by atoms with Crippen molar-refractivity contribution in [1.82, 2.24) is 10.2 Å². The minimum absolute atomic E-state index is 0.0289. The van der Waals surface area contributed by atoms with E-state index in [1.807, 2.05) is 24.3 Å². The van der Waals surface area contributed by atoms with E-state index in [-0.39, 0.29) is 17.9 Å². The van der Waals surface area contributed by atoms with Gasteiger partial charge < -0.3 is 15.0 Å². The summed E-state index contributed by atoms with van der Waals surface area (Å²) in [5.41, 5.74) is 0.987. The Morgan fingerprint density at radius 2 is 2.00 bits per heavy atom. The number of carbonyl (C=O) groups is 2.